The minimum absolute atomic E-state index is 0. The number of aromatic nitrogens is 1. The highest BCUT2D eigenvalue weighted by molar-refractivity contribution is 5.96. The molecule has 0 radical (unpaired) electrons. The van der Waals surface area contributed by atoms with Crippen molar-refractivity contribution in [2.24, 2.45) is 11.7 Å². The van der Waals surface area contributed by atoms with Crippen LogP contribution >= 0.6 is 24.8 Å². The number of nitrogens with zero attached hydrogens (tertiary/aromatic N) is 2. The summed E-state index contributed by atoms with van der Waals surface area (Å²) >= 11 is 0. The highest BCUT2D eigenvalue weighted by Crippen LogP contribution is 2.21. The third kappa shape index (κ3) is 6.86. The Bertz CT molecular complexity index is 670. The molecule has 0 aliphatic rings. The molecule has 0 spiro atoms. The highest BCUT2D eigenvalue weighted by Gasteiger charge is 2.15. The number of hydrogen-bond donors (Lipinski definition) is 2. The maximum atomic E-state index is 12.2. The van der Waals surface area contributed by atoms with E-state index < -0.39 is 6.04 Å². The van der Waals surface area contributed by atoms with Crippen LogP contribution in [0.2, 0.25) is 0 Å². The lowest BCUT2D eigenvalue weighted by molar-refractivity contribution is -0.117. The summed E-state index contributed by atoms with van der Waals surface area (Å²) in [6, 6.07) is 7.61. The molecule has 1 heterocycles. The van der Waals surface area contributed by atoms with Gasteiger partial charge < -0.3 is 20.5 Å². The minimum atomic E-state index is -0.466. The number of amides is 1. The first-order valence-electron chi connectivity index (χ1n) is 8.17. The van der Waals surface area contributed by atoms with Gasteiger partial charge >= 0.3 is 0 Å². The summed E-state index contributed by atoms with van der Waals surface area (Å²) in [5.74, 6) is 0.283. The van der Waals surface area contributed by atoms with Gasteiger partial charge in [-0.1, -0.05) is 19.9 Å². The zero-order valence-electron chi connectivity index (χ0n) is 15.4. The van der Waals surface area contributed by atoms with E-state index in [0.717, 1.165) is 24.3 Å². The molecule has 1 amide bonds. The Morgan fingerprint density at radius 1 is 1.24 bits per heavy atom. The second kappa shape index (κ2) is 10.7. The van der Waals surface area contributed by atoms with Gasteiger partial charge in [0, 0.05) is 25.0 Å². The highest BCUT2D eigenvalue weighted by atomic mass is 35.5. The van der Waals surface area contributed by atoms with Crippen molar-refractivity contribution in [3.63, 3.8) is 0 Å². The van der Waals surface area contributed by atoms with Gasteiger partial charge in [-0.05, 0) is 50.0 Å². The van der Waals surface area contributed by atoms with Crippen LogP contribution < -0.4 is 11.1 Å². The monoisotopic (exact) mass is 388 g/mol. The van der Waals surface area contributed by atoms with E-state index in [0.29, 0.717) is 12.3 Å². The van der Waals surface area contributed by atoms with E-state index in [-0.39, 0.29) is 30.7 Å². The van der Waals surface area contributed by atoms with Crippen LogP contribution in [-0.4, -0.2) is 42.1 Å². The van der Waals surface area contributed by atoms with E-state index >= 15 is 0 Å². The maximum absolute atomic E-state index is 12.2. The summed E-state index contributed by atoms with van der Waals surface area (Å²) in [4.78, 5) is 14.3. The summed E-state index contributed by atoms with van der Waals surface area (Å²) in [5.41, 5.74) is 7.87. The number of rotatable bonds is 7. The molecular weight excluding hydrogens is 359 g/mol. The predicted molar refractivity (Wildman–Crippen MR) is 111 cm³/mol. The number of nitrogens with two attached hydrogens (primary N) is 1. The lowest BCUT2D eigenvalue weighted by Gasteiger charge is -2.15. The van der Waals surface area contributed by atoms with Gasteiger partial charge in [0.25, 0.3) is 0 Å². The van der Waals surface area contributed by atoms with E-state index in [1.807, 2.05) is 18.2 Å². The van der Waals surface area contributed by atoms with Gasteiger partial charge in [0.05, 0.1) is 11.6 Å². The molecule has 1 atom stereocenters. The summed E-state index contributed by atoms with van der Waals surface area (Å²) in [6.07, 6.45) is 2.78. The SMILES string of the molecule is CC(C)C[C@H](N)C(=O)Nc1ccc2ccn(CCN(C)C)c2c1.Cl.Cl. The molecule has 5 nitrogen and oxygen atoms in total. The first-order chi connectivity index (χ1) is 10.9. The number of fused-ring (bicyclic) bond motifs is 1. The van der Waals surface area contributed by atoms with E-state index in [2.05, 4.69) is 55.0 Å². The molecule has 0 fully saturated rings. The van der Waals surface area contributed by atoms with Crippen molar-refractivity contribution in [2.45, 2.75) is 32.9 Å². The first-order valence-corrected chi connectivity index (χ1v) is 8.17. The smallest absolute Gasteiger partial charge is 0.241 e. The Balaban J connectivity index is 0.00000288. The van der Waals surface area contributed by atoms with E-state index in [1.165, 1.54) is 5.39 Å². The van der Waals surface area contributed by atoms with E-state index in [1.54, 1.807) is 0 Å². The number of benzene rings is 1. The molecule has 142 valence electrons. The molecule has 0 bridgehead atoms. The quantitative estimate of drug-likeness (QED) is 0.763. The molecule has 2 aromatic rings. The van der Waals surface area contributed by atoms with Crippen LogP contribution in [0.3, 0.4) is 0 Å². The molecule has 25 heavy (non-hydrogen) atoms. The number of nitrogens with one attached hydrogen (secondary N) is 1. The van der Waals surface area contributed by atoms with Crippen molar-refractivity contribution in [3.8, 4) is 0 Å². The fourth-order valence-corrected chi connectivity index (χ4v) is 2.61. The average Bonchev–Trinajstić information content (AvgIpc) is 2.86. The normalized spacial score (nSPS) is 12.0. The number of anilines is 1. The standard InChI is InChI=1S/C18H28N4O.2ClH/c1-13(2)11-16(19)18(23)20-15-6-5-14-7-8-22(17(14)12-15)10-9-21(3)4;;/h5-8,12-13,16H,9-11,19H2,1-4H3,(H,20,23);2*1H/t16-;;/m0../s1. The Hall–Kier alpha value is -1.27. The number of likely N-dealkylation sites (N-methyl/N-ethyl adjacent to an activating group) is 1. The molecule has 7 heteroatoms. The summed E-state index contributed by atoms with van der Waals surface area (Å²) in [5, 5.41) is 4.11. The van der Waals surface area contributed by atoms with Crippen molar-refractivity contribution < 1.29 is 4.79 Å². The summed E-state index contributed by atoms with van der Waals surface area (Å²) in [6.45, 7) is 6.02. The lowest BCUT2D eigenvalue weighted by Crippen LogP contribution is -2.36. The molecule has 1 aromatic heterocycles. The molecule has 0 saturated carbocycles. The second-order valence-electron chi connectivity index (χ2n) is 6.81. The molecule has 2 rings (SSSR count). The van der Waals surface area contributed by atoms with Gasteiger partial charge in [0.1, 0.15) is 0 Å². The van der Waals surface area contributed by atoms with Crippen molar-refractivity contribution >= 4 is 47.3 Å². The number of halogens is 2. The lowest BCUT2D eigenvalue weighted by atomic mass is 10.0. The Labute approximate surface area is 162 Å². The molecule has 0 aliphatic carbocycles. The van der Waals surface area contributed by atoms with Gasteiger partial charge in [-0.15, -0.1) is 24.8 Å². The molecule has 0 aliphatic heterocycles. The van der Waals surface area contributed by atoms with Crippen LogP contribution in [0.5, 0.6) is 0 Å². The minimum Gasteiger partial charge on any atom is -0.346 e. The Morgan fingerprint density at radius 2 is 1.92 bits per heavy atom. The van der Waals surface area contributed by atoms with Crippen LogP contribution in [0.15, 0.2) is 30.5 Å². The van der Waals surface area contributed by atoms with Crippen molar-refractivity contribution in [3.05, 3.63) is 30.5 Å². The molecule has 1 aromatic carbocycles. The number of hydrogen-bond acceptors (Lipinski definition) is 3. The van der Waals surface area contributed by atoms with Crippen LogP contribution in [0.1, 0.15) is 20.3 Å². The van der Waals surface area contributed by atoms with Gasteiger partial charge in [-0.2, -0.15) is 0 Å². The van der Waals surface area contributed by atoms with Crippen molar-refractivity contribution in [2.75, 3.05) is 26.0 Å². The van der Waals surface area contributed by atoms with E-state index in [4.69, 9.17) is 5.73 Å². The van der Waals surface area contributed by atoms with E-state index in [9.17, 15) is 4.79 Å². The molecule has 0 unspecified atom stereocenters. The molecular formula is C18H30Cl2N4O. The third-order valence-electron chi connectivity index (χ3n) is 3.89. The Kier molecular flexibility index (Phi) is 10.1. The summed E-state index contributed by atoms with van der Waals surface area (Å²) in [7, 11) is 4.13. The largest absolute Gasteiger partial charge is 0.346 e. The third-order valence-corrected chi connectivity index (χ3v) is 3.89. The van der Waals surface area contributed by atoms with Gasteiger partial charge in [-0.25, -0.2) is 0 Å². The maximum Gasteiger partial charge on any atom is 0.241 e. The molecule has 3 N–H and O–H groups in total. The van der Waals surface area contributed by atoms with Crippen molar-refractivity contribution in [1.29, 1.82) is 0 Å². The number of carbonyl (C=O) groups excluding carboxylic acids is 1. The van der Waals surface area contributed by atoms with Gasteiger partial charge in [0.15, 0.2) is 0 Å². The van der Waals surface area contributed by atoms with Crippen LogP contribution in [-0.2, 0) is 11.3 Å². The van der Waals surface area contributed by atoms with Crippen molar-refractivity contribution in [1.82, 2.24) is 9.47 Å². The fraction of sp³-hybridized carbons (Fsp3) is 0.500. The van der Waals surface area contributed by atoms with Gasteiger partial charge in [0.2, 0.25) is 5.91 Å². The first kappa shape index (κ1) is 23.7. The second-order valence-corrected chi connectivity index (χ2v) is 6.81. The van der Waals surface area contributed by atoms with Crippen LogP contribution in [0.25, 0.3) is 10.9 Å². The zero-order chi connectivity index (χ0) is 17.0. The average molecular weight is 389 g/mol. The number of carbonyl (C=O) groups is 1. The van der Waals surface area contributed by atoms with Gasteiger partial charge in [-0.3, -0.25) is 4.79 Å². The fourth-order valence-electron chi connectivity index (χ4n) is 2.61. The van der Waals surface area contributed by atoms with Crippen LogP contribution in [0, 0.1) is 5.92 Å². The van der Waals surface area contributed by atoms with Crippen LogP contribution in [0.4, 0.5) is 5.69 Å². The summed E-state index contributed by atoms with van der Waals surface area (Å²) < 4.78 is 2.21. The zero-order valence-corrected chi connectivity index (χ0v) is 17.0. The topological polar surface area (TPSA) is 63.3 Å². The predicted octanol–water partition coefficient (Wildman–Crippen LogP) is 3.36. The Morgan fingerprint density at radius 3 is 2.52 bits per heavy atom. The molecule has 0 saturated heterocycles.